The second-order valence-corrected chi connectivity index (χ2v) is 8.76. The predicted octanol–water partition coefficient (Wildman–Crippen LogP) is 4.31. The van der Waals surface area contributed by atoms with E-state index < -0.39 is 11.8 Å². The van der Waals surface area contributed by atoms with Crippen LogP contribution in [0, 0.1) is 6.92 Å². The summed E-state index contributed by atoms with van der Waals surface area (Å²) in [7, 11) is 0. The number of aromatic nitrogens is 4. The first-order valence-electron chi connectivity index (χ1n) is 11.3. The van der Waals surface area contributed by atoms with Crippen LogP contribution in [0.5, 0.6) is 5.75 Å². The Labute approximate surface area is 218 Å². The van der Waals surface area contributed by atoms with E-state index in [1.54, 1.807) is 18.2 Å². The third-order valence-corrected chi connectivity index (χ3v) is 6.04. The Kier molecular flexibility index (Phi) is 7.78. The maximum atomic E-state index is 12.9. The van der Waals surface area contributed by atoms with Crippen molar-refractivity contribution in [1.29, 1.82) is 0 Å². The van der Waals surface area contributed by atoms with Crippen LogP contribution in [0.25, 0.3) is 11.0 Å². The van der Waals surface area contributed by atoms with Gasteiger partial charge in [-0.1, -0.05) is 17.7 Å². The quantitative estimate of drug-likeness (QED) is 0.252. The molecule has 5 N–H and O–H groups in total. The van der Waals surface area contributed by atoms with Crippen LogP contribution in [0.4, 0.5) is 11.6 Å². The SMILES string of the molecule is Cc1ccc(Cl)cc1NC(=O)c1nc[nH]c1C(=O)Nc1nc2cc(OC3CCNCC3)ccc2[nH]1.Cl. The van der Waals surface area contributed by atoms with Crippen LogP contribution in [0.3, 0.4) is 0 Å². The zero-order chi connectivity index (χ0) is 24.4. The van der Waals surface area contributed by atoms with E-state index in [1.807, 2.05) is 25.1 Å². The summed E-state index contributed by atoms with van der Waals surface area (Å²) >= 11 is 6.03. The molecular formula is C24H25Cl2N7O3. The number of fused-ring (bicyclic) bond motifs is 1. The van der Waals surface area contributed by atoms with E-state index in [-0.39, 0.29) is 35.8 Å². The number of benzene rings is 2. The minimum Gasteiger partial charge on any atom is -0.490 e. The van der Waals surface area contributed by atoms with Crippen molar-refractivity contribution in [3.05, 3.63) is 64.7 Å². The topological polar surface area (TPSA) is 137 Å². The summed E-state index contributed by atoms with van der Waals surface area (Å²) in [6.45, 7) is 3.73. The van der Waals surface area contributed by atoms with Crippen molar-refractivity contribution < 1.29 is 14.3 Å². The van der Waals surface area contributed by atoms with Crippen LogP contribution in [0.1, 0.15) is 39.4 Å². The highest BCUT2D eigenvalue weighted by Crippen LogP contribution is 2.24. The van der Waals surface area contributed by atoms with Gasteiger partial charge in [0.2, 0.25) is 5.95 Å². The number of aryl methyl sites for hydroxylation is 1. The highest BCUT2D eigenvalue weighted by Gasteiger charge is 2.22. The fourth-order valence-corrected chi connectivity index (χ4v) is 4.12. The molecule has 0 saturated carbocycles. The van der Waals surface area contributed by atoms with Gasteiger partial charge in [-0.2, -0.15) is 0 Å². The molecule has 2 aromatic heterocycles. The molecular weight excluding hydrogens is 505 g/mol. The number of hydrogen-bond acceptors (Lipinski definition) is 6. The van der Waals surface area contributed by atoms with E-state index in [0.29, 0.717) is 16.2 Å². The van der Waals surface area contributed by atoms with Crippen LogP contribution >= 0.6 is 24.0 Å². The molecule has 36 heavy (non-hydrogen) atoms. The molecule has 1 fully saturated rings. The van der Waals surface area contributed by atoms with E-state index in [1.165, 1.54) is 6.33 Å². The number of piperidine rings is 1. The number of halogens is 2. The summed E-state index contributed by atoms with van der Waals surface area (Å²) in [5.74, 6) is -0.111. The second kappa shape index (κ2) is 11.0. The maximum absolute atomic E-state index is 12.9. The van der Waals surface area contributed by atoms with Gasteiger partial charge in [0.15, 0.2) is 5.69 Å². The molecule has 0 atom stereocenters. The fourth-order valence-electron chi connectivity index (χ4n) is 3.94. The lowest BCUT2D eigenvalue weighted by Gasteiger charge is -2.23. The molecule has 3 heterocycles. The van der Waals surface area contributed by atoms with E-state index in [4.69, 9.17) is 16.3 Å². The summed E-state index contributed by atoms with van der Waals surface area (Å²) in [6.07, 6.45) is 3.37. The first-order chi connectivity index (χ1) is 17.0. The molecule has 4 aromatic rings. The highest BCUT2D eigenvalue weighted by molar-refractivity contribution is 6.31. The van der Waals surface area contributed by atoms with Crippen molar-refractivity contribution in [3.8, 4) is 5.75 Å². The molecule has 1 aliphatic rings. The Morgan fingerprint density at radius 1 is 1.08 bits per heavy atom. The van der Waals surface area contributed by atoms with Gasteiger partial charge in [0, 0.05) is 16.8 Å². The molecule has 2 aromatic carbocycles. The number of carbonyl (C=O) groups excluding carboxylic acids is 2. The number of imidazole rings is 2. The molecule has 12 heteroatoms. The van der Waals surface area contributed by atoms with Gasteiger partial charge < -0.3 is 25.3 Å². The number of amides is 2. The smallest absolute Gasteiger partial charge is 0.276 e. The largest absolute Gasteiger partial charge is 0.490 e. The van der Waals surface area contributed by atoms with Crippen LogP contribution in [-0.2, 0) is 0 Å². The Morgan fingerprint density at radius 3 is 2.69 bits per heavy atom. The first-order valence-corrected chi connectivity index (χ1v) is 11.6. The number of nitrogens with one attached hydrogen (secondary N) is 5. The van der Waals surface area contributed by atoms with Crippen LogP contribution < -0.4 is 20.7 Å². The van der Waals surface area contributed by atoms with Crippen LogP contribution in [0.2, 0.25) is 5.02 Å². The standard InChI is InChI=1S/C24H24ClN7O3.ClH/c1-13-2-3-14(25)10-18(13)29-22(33)20-21(28-12-27-20)23(34)32-24-30-17-5-4-16(11-19(17)31-24)35-15-6-8-26-9-7-15;/h2-5,10-12,15,26H,6-9H2,1H3,(H,27,28)(H,29,33)(H2,30,31,32,34);1H. The summed E-state index contributed by atoms with van der Waals surface area (Å²) in [5.41, 5.74) is 2.74. The van der Waals surface area contributed by atoms with Crippen molar-refractivity contribution in [3.63, 3.8) is 0 Å². The average Bonchev–Trinajstić information content (AvgIpc) is 3.49. The summed E-state index contributed by atoms with van der Waals surface area (Å²) in [5, 5.41) is 9.24. The number of anilines is 2. The van der Waals surface area contributed by atoms with Crippen molar-refractivity contribution in [2.75, 3.05) is 23.7 Å². The van der Waals surface area contributed by atoms with Crippen molar-refractivity contribution in [2.45, 2.75) is 25.9 Å². The predicted molar refractivity (Wildman–Crippen MR) is 141 cm³/mol. The molecule has 0 aliphatic carbocycles. The molecule has 0 bridgehead atoms. The number of carbonyl (C=O) groups is 2. The summed E-state index contributed by atoms with van der Waals surface area (Å²) < 4.78 is 6.07. The monoisotopic (exact) mass is 529 g/mol. The molecule has 188 valence electrons. The summed E-state index contributed by atoms with van der Waals surface area (Å²) in [4.78, 5) is 40.0. The fraction of sp³-hybridized carbons (Fsp3) is 0.250. The van der Waals surface area contributed by atoms with Crippen molar-refractivity contribution in [1.82, 2.24) is 25.3 Å². The molecule has 0 radical (unpaired) electrons. The summed E-state index contributed by atoms with van der Waals surface area (Å²) in [6, 6.07) is 10.7. The van der Waals surface area contributed by atoms with Crippen LogP contribution in [-0.4, -0.2) is 50.9 Å². The molecule has 10 nitrogen and oxygen atoms in total. The Hall–Kier alpha value is -3.60. The van der Waals surface area contributed by atoms with Gasteiger partial charge in [-0.15, -0.1) is 12.4 Å². The molecule has 1 aliphatic heterocycles. The number of ether oxygens (including phenoxy) is 1. The van der Waals surface area contributed by atoms with Crippen molar-refractivity contribution in [2.24, 2.45) is 0 Å². The minimum absolute atomic E-state index is 0. The van der Waals surface area contributed by atoms with Gasteiger partial charge in [-0.25, -0.2) is 9.97 Å². The first kappa shape index (κ1) is 25.5. The number of aromatic amines is 2. The van der Waals surface area contributed by atoms with Crippen LogP contribution in [0.15, 0.2) is 42.7 Å². The van der Waals surface area contributed by atoms with E-state index in [0.717, 1.165) is 42.8 Å². The minimum atomic E-state index is -0.555. The zero-order valence-electron chi connectivity index (χ0n) is 19.4. The molecule has 0 spiro atoms. The number of H-pyrrole nitrogens is 2. The normalized spacial score (nSPS) is 13.7. The van der Waals surface area contributed by atoms with Gasteiger partial charge >= 0.3 is 0 Å². The van der Waals surface area contributed by atoms with Gasteiger partial charge in [0.1, 0.15) is 17.5 Å². The molecule has 0 unspecified atom stereocenters. The maximum Gasteiger partial charge on any atom is 0.276 e. The van der Waals surface area contributed by atoms with E-state index in [9.17, 15) is 9.59 Å². The van der Waals surface area contributed by atoms with Gasteiger partial charge in [0.05, 0.1) is 17.4 Å². The third kappa shape index (κ3) is 5.62. The Bertz CT molecular complexity index is 1400. The third-order valence-electron chi connectivity index (χ3n) is 5.80. The molecule has 5 rings (SSSR count). The van der Waals surface area contributed by atoms with E-state index >= 15 is 0 Å². The lowest BCUT2D eigenvalue weighted by molar-refractivity contribution is 0.0985. The number of rotatable bonds is 6. The van der Waals surface area contributed by atoms with Gasteiger partial charge in [0.25, 0.3) is 11.8 Å². The van der Waals surface area contributed by atoms with E-state index in [2.05, 4.69) is 35.9 Å². The lowest BCUT2D eigenvalue weighted by atomic mass is 10.1. The average molecular weight is 530 g/mol. The molecule has 1 saturated heterocycles. The lowest BCUT2D eigenvalue weighted by Crippen LogP contribution is -2.34. The van der Waals surface area contributed by atoms with Gasteiger partial charge in [-0.3, -0.25) is 14.9 Å². The van der Waals surface area contributed by atoms with Crippen molar-refractivity contribution >= 4 is 58.5 Å². The Morgan fingerprint density at radius 2 is 1.89 bits per heavy atom. The highest BCUT2D eigenvalue weighted by atomic mass is 35.5. The second-order valence-electron chi connectivity index (χ2n) is 8.33. The number of hydrogen-bond donors (Lipinski definition) is 5. The molecule has 2 amide bonds. The Balaban J connectivity index is 0.00000304. The van der Waals surface area contributed by atoms with Gasteiger partial charge in [-0.05, 0) is 62.7 Å². The zero-order valence-corrected chi connectivity index (χ0v) is 20.9. The number of nitrogens with zero attached hydrogens (tertiary/aromatic N) is 2.